The second-order valence-electron chi connectivity index (χ2n) is 6.76. The number of anilines is 1. The second-order valence-corrected chi connectivity index (χ2v) is 6.76. The molecule has 1 aromatic carbocycles. The van der Waals surface area contributed by atoms with Gasteiger partial charge in [-0.1, -0.05) is 26.7 Å². The number of benzene rings is 1. The lowest BCUT2D eigenvalue weighted by molar-refractivity contribution is -0.124. The molecule has 1 amide bonds. The van der Waals surface area contributed by atoms with Gasteiger partial charge in [-0.2, -0.15) is 0 Å². The Morgan fingerprint density at radius 3 is 2.54 bits per heavy atom. The van der Waals surface area contributed by atoms with Crippen LogP contribution in [0.1, 0.15) is 63.2 Å². The minimum Gasteiger partial charge on any atom is -0.490 e. The van der Waals surface area contributed by atoms with Gasteiger partial charge in [0, 0.05) is 11.1 Å². The molecule has 1 aliphatic carbocycles. The zero-order chi connectivity index (χ0) is 17.7. The topological polar surface area (TPSA) is 64.6 Å². The van der Waals surface area contributed by atoms with E-state index in [0.29, 0.717) is 17.0 Å². The summed E-state index contributed by atoms with van der Waals surface area (Å²) in [6.07, 6.45) is 4.79. The molecule has 0 unspecified atom stereocenters. The zero-order valence-corrected chi connectivity index (χ0v) is 15.0. The SMILES string of the molecule is CC[C@@H](C)Oc1ccc(NC(=O)C2(C)CCCC2)cc1C(=O)OC. The van der Waals surface area contributed by atoms with E-state index in [-0.39, 0.29) is 17.4 Å². The first kappa shape index (κ1) is 18.3. The van der Waals surface area contributed by atoms with E-state index in [1.165, 1.54) is 7.11 Å². The molecule has 1 aliphatic rings. The fraction of sp³-hybridized carbons (Fsp3) is 0.579. The summed E-state index contributed by atoms with van der Waals surface area (Å²) < 4.78 is 10.6. The highest BCUT2D eigenvalue weighted by Gasteiger charge is 2.36. The molecule has 0 saturated heterocycles. The van der Waals surface area contributed by atoms with Gasteiger partial charge in [-0.15, -0.1) is 0 Å². The first-order chi connectivity index (χ1) is 11.4. The lowest BCUT2D eigenvalue weighted by Crippen LogP contribution is -2.30. The molecule has 0 heterocycles. The Morgan fingerprint density at radius 1 is 1.29 bits per heavy atom. The third-order valence-electron chi connectivity index (χ3n) is 4.80. The van der Waals surface area contributed by atoms with Gasteiger partial charge in [0.1, 0.15) is 11.3 Å². The van der Waals surface area contributed by atoms with Gasteiger partial charge in [0.2, 0.25) is 5.91 Å². The van der Waals surface area contributed by atoms with E-state index in [0.717, 1.165) is 32.1 Å². The van der Waals surface area contributed by atoms with Gasteiger partial charge in [-0.3, -0.25) is 4.79 Å². The largest absolute Gasteiger partial charge is 0.490 e. The summed E-state index contributed by atoms with van der Waals surface area (Å²) in [5, 5.41) is 2.94. The van der Waals surface area contributed by atoms with E-state index >= 15 is 0 Å². The number of methoxy groups -OCH3 is 1. The number of amides is 1. The molecular formula is C19H27NO4. The number of carbonyl (C=O) groups excluding carboxylic acids is 2. The van der Waals surface area contributed by atoms with Crippen molar-refractivity contribution in [3.8, 4) is 5.75 Å². The monoisotopic (exact) mass is 333 g/mol. The minimum atomic E-state index is -0.475. The average molecular weight is 333 g/mol. The molecule has 0 radical (unpaired) electrons. The summed E-state index contributed by atoms with van der Waals surface area (Å²) >= 11 is 0. The third kappa shape index (κ3) is 4.08. The van der Waals surface area contributed by atoms with E-state index in [9.17, 15) is 9.59 Å². The van der Waals surface area contributed by atoms with Crippen molar-refractivity contribution < 1.29 is 19.1 Å². The highest BCUT2D eigenvalue weighted by molar-refractivity contribution is 5.98. The molecule has 24 heavy (non-hydrogen) atoms. The molecule has 0 aliphatic heterocycles. The van der Waals surface area contributed by atoms with Crippen molar-refractivity contribution in [3.05, 3.63) is 23.8 Å². The molecule has 5 nitrogen and oxygen atoms in total. The van der Waals surface area contributed by atoms with Crippen LogP contribution in [0, 0.1) is 5.41 Å². The quantitative estimate of drug-likeness (QED) is 0.794. The van der Waals surface area contributed by atoms with Gasteiger partial charge < -0.3 is 14.8 Å². The zero-order valence-electron chi connectivity index (χ0n) is 15.0. The molecule has 0 aromatic heterocycles. The maximum atomic E-state index is 12.5. The van der Waals surface area contributed by atoms with Crippen molar-refractivity contribution in [3.63, 3.8) is 0 Å². The van der Waals surface area contributed by atoms with Crippen LogP contribution in [-0.4, -0.2) is 25.1 Å². The molecule has 132 valence electrons. The van der Waals surface area contributed by atoms with E-state index in [1.807, 2.05) is 20.8 Å². The Balaban J connectivity index is 2.22. The van der Waals surface area contributed by atoms with E-state index in [4.69, 9.17) is 9.47 Å². The van der Waals surface area contributed by atoms with Crippen LogP contribution in [0.15, 0.2) is 18.2 Å². The predicted molar refractivity (Wildman–Crippen MR) is 93.4 cm³/mol. The summed E-state index contributed by atoms with van der Waals surface area (Å²) in [6.45, 7) is 5.95. The number of rotatable bonds is 6. The Hall–Kier alpha value is -2.04. The highest BCUT2D eigenvalue weighted by Crippen LogP contribution is 2.38. The van der Waals surface area contributed by atoms with Crippen molar-refractivity contribution in [2.45, 2.75) is 59.0 Å². The smallest absolute Gasteiger partial charge is 0.341 e. The summed E-state index contributed by atoms with van der Waals surface area (Å²) in [5.74, 6) is 0.00386. The number of nitrogens with one attached hydrogen (secondary N) is 1. The van der Waals surface area contributed by atoms with Crippen molar-refractivity contribution in [2.24, 2.45) is 5.41 Å². The summed E-state index contributed by atoms with van der Waals surface area (Å²) in [7, 11) is 1.33. The number of carbonyl (C=O) groups is 2. The Kier molecular flexibility index (Phi) is 5.86. The van der Waals surface area contributed by atoms with Gasteiger partial charge in [-0.25, -0.2) is 4.79 Å². The molecular weight excluding hydrogens is 306 g/mol. The summed E-state index contributed by atoms with van der Waals surface area (Å²) in [5.41, 5.74) is 0.592. The van der Waals surface area contributed by atoms with Crippen LogP contribution in [-0.2, 0) is 9.53 Å². The van der Waals surface area contributed by atoms with Crippen molar-refractivity contribution >= 4 is 17.6 Å². The van der Waals surface area contributed by atoms with Crippen LogP contribution in [0.3, 0.4) is 0 Å². The highest BCUT2D eigenvalue weighted by atomic mass is 16.5. The molecule has 1 fully saturated rings. The molecule has 1 atom stereocenters. The molecule has 0 spiro atoms. The van der Waals surface area contributed by atoms with Crippen LogP contribution in [0.2, 0.25) is 0 Å². The van der Waals surface area contributed by atoms with Crippen LogP contribution >= 0.6 is 0 Å². The molecule has 1 N–H and O–H groups in total. The van der Waals surface area contributed by atoms with Crippen molar-refractivity contribution in [2.75, 3.05) is 12.4 Å². The number of hydrogen-bond acceptors (Lipinski definition) is 4. The second kappa shape index (κ2) is 7.69. The van der Waals surface area contributed by atoms with Gasteiger partial charge in [0.05, 0.1) is 13.2 Å². The van der Waals surface area contributed by atoms with Crippen LogP contribution in [0.5, 0.6) is 5.75 Å². The summed E-state index contributed by atoms with van der Waals surface area (Å²) in [6, 6.07) is 5.10. The Morgan fingerprint density at radius 2 is 1.96 bits per heavy atom. The van der Waals surface area contributed by atoms with Crippen LogP contribution < -0.4 is 10.1 Å². The first-order valence-corrected chi connectivity index (χ1v) is 8.60. The van der Waals surface area contributed by atoms with E-state index < -0.39 is 5.97 Å². The van der Waals surface area contributed by atoms with Crippen LogP contribution in [0.4, 0.5) is 5.69 Å². The molecule has 2 rings (SSSR count). The standard InChI is InChI=1S/C19H27NO4/c1-5-13(2)24-16-9-8-14(12-15(16)17(21)23-4)20-18(22)19(3)10-6-7-11-19/h8-9,12-13H,5-7,10-11H2,1-4H3,(H,20,22)/t13-/m1/s1. The Labute approximate surface area is 143 Å². The Bertz CT molecular complexity index is 605. The van der Waals surface area contributed by atoms with Gasteiger partial charge in [0.25, 0.3) is 0 Å². The normalized spacial score (nSPS) is 17.2. The average Bonchev–Trinajstić information content (AvgIpc) is 3.03. The van der Waals surface area contributed by atoms with Gasteiger partial charge >= 0.3 is 5.97 Å². The third-order valence-corrected chi connectivity index (χ3v) is 4.80. The molecule has 1 aromatic rings. The maximum absolute atomic E-state index is 12.5. The van der Waals surface area contributed by atoms with E-state index in [1.54, 1.807) is 18.2 Å². The number of ether oxygens (including phenoxy) is 2. The number of hydrogen-bond donors (Lipinski definition) is 1. The molecule has 1 saturated carbocycles. The fourth-order valence-corrected chi connectivity index (χ4v) is 2.94. The van der Waals surface area contributed by atoms with Crippen molar-refractivity contribution in [1.29, 1.82) is 0 Å². The lowest BCUT2D eigenvalue weighted by atomic mass is 9.88. The maximum Gasteiger partial charge on any atom is 0.341 e. The fourth-order valence-electron chi connectivity index (χ4n) is 2.94. The minimum absolute atomic E-state index is 0.00594. The molecule has 5 heteroatoms. The lowest BCUT2D eigenvalue weighted by Gasteiger charge is -2.23. The number of esters is 1. The summed E-state index contributed by atoms with van der Waals surface area (Å²) in [4.78, 5) is 24.6. The molecule has 0 bridgehead atoms. The first-order valence-electron chi connectivity index (χ1n) is 8.60. The van der Waals surface area contributed by atoms with Crippen LogP contribution in [0.25, 0.3) is 0 Å². The predicted octanol–water partition coefficient (Wildman–Crippen LogP) is 4.17. The van der Waals surface area contributed by atoms with Gasteiger partial charge in [-0.05, 0) is 44.4 Å². The van der Waals surface area contributed by atoms with Crippen molar-refractivity contribution in [1.82, 2.24) is 0 Å². The van der Waals surface area contributed by atoms with Gasteiger partial charge in [0.15, 0.2) is 0 Å². The van der Waals surface area contributed by atoms with E-state index in [2.05, 4.69) is 5.32 Å².